The Bertz CT molecular complexity index is 1130. The summed E-state index contributed by atoms with van der Waals surface area (Å²) >= 11 is 0. The fourth-order valence-electron chi connectivity index (χ4n) is 4.85. The first-order valence-electron chi connectivity index (χ1n) is 11.8. The van der Waals surface area contributed by atoms with Crippen LogP contribution < -0.4 is 10.6 Å². The molecule has 0 aromatic heterocycles. The van der Waals surface area contributed by atoms with Crippen molar-refractivity contribution in [1.82, 2.24) is 5.01 Å². The van der Waals surface area contributed by atoms with E-state index >= 15 is 0 Å². The standard InChI is InChI=1S/C30H34N2O/c1-29(2,20-18-24-12-6-4-7-13-24)27-16-17-28(33-3)25(22-27)23-30(19-10-11-21-32(30)31)26-14-8-5-9-15-26/h4-9,12-17,22H,10-11,19,21,23,31H2,1-3H3. The maximum atomic E-state index is 6.69. The molecule has 0 spiro atoms. The topological polar surface area (TPSA) is 38.5 Å². The Morgan fingerprint density at radius 1 is 0.970 bits per heavy atom. The molecule has 1 atom stereocenters. The third-order valence-electron chi connectivity index (χ3n) is 6.88. The van der Waals surface area contributed by atoms with Gasteiger partial charge in [0.05, 0.1) is 18.1 Å². The minimum absolute atomic E-state index is 0.245. The largest absolute Gasteiger partial charge is 0.496 e. The van der Waals surface area contributed by atoms with E-state index in [0.717, 1.165) is 37.1 Å². The van der Waals surface area contributed by atoms with Gasteiger partial charge in [-0.2, -0.15) is 0 Å². The molecule has 4 rings (SSSR count). The molecule has 33 heavy (non-hydrogen) atoms. The summed E-state index contributed by atoms with van der Waals surface area (Å²) in [5.41, 5.74) is 4.11. The number of hydrogen-bond donors (Lipinski definition) is 1. The predicted molar refractivity (Wildman–Crippen MR) is 136 cm³/mol. The van der Waals surface area contributed by atoms with E-state index in [1.807, 2.05) is 30.3 Å². The second-order valence-electron chi connectivity index (χ2n) is 9.49. The Labute approximate surface area is 198 Å². The molecule has 3 heteroatoms. The third-order valence-corrected chi connectivity index (χ3v) is 6.88. The third kappa shape index (κ3) is 4.98. The fraction of sp³-hybridized carbons (Fsp3) is 0.333. The van der Waals surface area contributed by atoms with E-state index in [9.17, 15) is 0 Å². The number of nitrogens with two attached hydrogens (primary N) is 1. The zero-order valence-electron chi connectivity index (χ0n) is 20.0. The first-order chi connectivity index (χ1) is 15.9. The minimum Gasteiger partial charge on any atom is -0.496 e. The highest BCUT2D eigenvalue weighted by molar-refractivity contribution is 5.46. The Hall–Kier alpha value is -3.06. The highest BCUT2D eigenvalue weighted by atomic mass is 16.5. The molecule has 0 amide bonds. The van der Waals surface area contributed by atoms with Crippen molar-refractivity contribution in [2.75, 3.05) is 13.7 Å². The lowest BCUT2D eigenvalue weighted by Gasteiger charge is -2.45. The summed E-state index contributed by atoms with van der Waals surface area (Å²) in [6.07, 6.45) is 4.12. The summed E-state index contributed by atoms with van der Waals surface area (Å²) in [6.45, 7) is 5.25. The van der Waals surface area contributed by atoms with Crippen molar-refractivity contribution in [3.05, 3.63) is 101 Å². The van der Waals surface area contributed by atoms with E-state index in [-0.39, 0.29) is 11.0 Å². The maximum Gasteiger partial charge on any atom is 0.122 e. The highest BCUT2D eigenvalue weighted by Crippen LogP contribution is 2.41. The smallest absolute Gasteiger partial charge is 0.122 e. The summed E-state index contributed by atoms with van der Waals surface area (Å²) in [6, 6.07) is 27.3. The molecule has 1 saturated heterocycles. The van der Waals surface area contributed by atoms with Crippen LogP contribution in [0.5, 0.6) is 5.75 Å². The Balaban J connectivity index is 1.73. The quantitative estimate of drug-likeness (QED) is 0.403. The van der Waals surface area contributed by atoms with Crippen LogP contribution in [0.3, 0.4) is 0 Å². The van der Waals surface area contributed by atoms with Crippen molar-refractivity contribution in [2.45, 2.75) is 50.5 Å². The van der Waals surface area contributed by atoms with Gasteiger partial charge in [0.2, 0.25) is 0 Å². The molecule has 3 aromatic carbocycles. The molecule has 1 fully saturated rings. The second kappa shape index (κ2) is 9.83. The van der Waals surface area contributed by atoms with Gasteiger partial charge in [0.25, 0.3) is 0 Å². The first kappa shape index (κ1) is 23.1. The minimum atomic E-state index is -0.300. The van der Waals surface area contributed by atoms with E-state index in [1.54, 1.807) is 7.11 Å². The molecule has 0 saturated carbocycles. The number of rotatable bonds is 5. The van der Waals surface area contributed by atoms with Crippen LogP contribution >= 0.6 is 0 Å². The summed E-state index contributed by atoms with van der Waals surface area (Å²) in [5, 5.41) is 2.05. The van der Waals surface area contributed by atoms with Gasteiger partial charge in [-0.05, 0) is 74.4 Å². The van der Waals surface area contributed by atoms with Gasteiger partial charge >= 0.3 is 0 Å². The van der Waals surface area contributed by atoms with Gasteiger partial charge in [-0.25, -0.2) is 5.01 Å². The van der Waals surface area contributed by atoms with Gasteiger partial charge in [0.1, 0.15) is 5.75 Å². The average Bonchev–Trinajstić information content (AvgIpc) is 2.85. The second-order valence-corrected chi connectivity index (χ2v) is 9.49. The number of nitrogens with zero attached hydrogens (tertiary/aromatic N) is 1. The van der Waals surface area contributed by atoms with Crippen LogP contribution in [0.15, 0.2) is 78.9 Å². The number of hydrogen-bond acceptors (Lipinski definition) is 3. The lowest BCUT2D eigenvalue weighted by atomic mass is 9.75. The van der Waals surface area contributed by atoms with E-state index in [1.165, 1.54) is 23.1 Å². The van der Waals surface area contributed by atoms with Crippen LogP contribution in [0.25, 0.3) is 0 Å². The Morgan fingerprint density at radius 3 is 2.33 bits per heavy atom. The number of piperidine rings is 1. The van der Waals surface area contributed by atoms with Gasteiger partial charge in [-0.1, -0.05) is 72.5 Å². The van der Waals surface area contributed by atoms with E-state index in [0.29, 0.717) is 0 Å². The lowest BCUT2D eigenvalue weighted by Crippen LogP contribution is -2.54. The maximum absolute atomic E-state index is 6.69. The van der Waals surface area contributed by atoms with E-state index in [2.05, 4.69) is 79.2 Å². The zero-order valence-corrected chi connectivity index (χ0v) is 20.0. The highest BCUT2D eigenvalue weighted by Gasteiger charge is 2.40. The molecule has 2 N–H and O–H groups in total. The van der Waals surface area contributed by atoms with Crippen molar-refractivity contribution < 1.29 is 4.74 Å². The van der Waals surface area contributed by atoms with Crippen LogP contribution in [0.1, 0.15) is 55.4 Å². The van der Waals surface area contributed by atoms with Crippen LogP contribution in [-0.4, -0.2) is 18.7 Å². The summed E-state index contributed by atoms with van der Waals surface area (Å²) in [5.74, 6) is 14.4. The molecule has 0 bridgehead atoms. The van der Waals surface area contributed by atoms with Crippen molar-refractivity contribution in [2.24, 2.45) is 5.84 Å². The molecule has 1 unspecified atom stereocenters. The molecule has 1 aliphatic heterocycles. The van der Waals surface area contributed by atoms with Crippen molar-refractivity contribution in [1.29, 1.82) is 0 Å². The number of hydrazine groups is 1. The summed E-state index contributed by atoms with van der Waals surface area (Å²) < 4.78 is 5.80. The van der Waals surface area contributed by atoms with Gasteiger partial charge in [-0.15, -0.1) is 0 Å². The Kier molecular flexibility index (Phi) is 6.88. The molecule has 1 aliphatic rings. The number of methoxy groups -OCH3 is 1. The van der Waals surface area contributed by atoms with Crippen molar-refractivity contribution in [3.63, 3.8) is 0 Å². The molecule has 0 radical (unpaired) electrons. The molecule has 1 heterocycles. The number of benzene rings is 3. The first-order valence-corrected chi connectivity index (χ1v) is 11.8. The van der Waals surface area contributed by atoms with E-state index in [4.69, 9.17) is 10.6 Å². The van der Waals surface area contributed by atoms with Crippen LogP contribution in [-0.2, 0) is 17.4 Å². The van der Waals surface area contributed by atoms with Crippen molar-refractivity contribution in [3.8, 4) is 17.6 Å². The molecule has 3 aromatic rings. The van der Waals surface area contributed by atoms with Crippen LogP contribution in [0.4, 0.5) is 0 Å². The predicted octanol–water partition coefficient (Wildman–Crippen LogP) is 5.82. The SMILES string of the molecule is COc1ccc(C(C)(C)C#Cc2ccccc2)cc1CC1(c2ccccc2)CCCCN1N. The average molecular weight is 439 g/mol. The van der Waals surface area contributed by atoms with Crippen LogP contribution in [0, 0.1) is 11.8 Å². The lowest BCUT2D eigenvalue weighted by molar-refractivity contribution is 0.0420. The molecular formula is C30H34N2O. The molecule has 3 nitrogen and oxygen atoms in total. The molecule has 170 valence electrons. The van der Waals surface area contributed by atoms with Gasteiger partial charge < -0.3 is 4.74 Å². The summed E-state index contributed by atoms with van der Waals surface area (Å²) in [7, 11) is 1.75. The fourth-order valence-corrected chi connectivity index (χ4v) is 4.85. The van der Waals surface area contributed by atoms with Crippen LogP contribution in [0.2, 0.25) is 0 Å². The normalized spacial score (nSPS) is 18.9. The van der Waals surface area contributed by atoms with Gasteiger partial charge in [0.15, 0.2) is 0 Å². The van der Waals surface area contributed by atoms with Gasteiger partial charge in [-0.3, -0.25) is 5.84 Å². The monoisotopic (exact) mass is 438 g/mol. The van der Waals surface area contributed by atoms with Crippen molar-refractivity contribution >= 4 is 0 Å². The molecule has 0 aliphatic carbocycles. The van der Waals surface area contributed by atoms with E-state index < -0.39 is 0 Å². The summed E-state index contributed by atoms with van der Waals surface area (Å²) in [4.78, 5) is 0. The number of ether oxygens (including phenoxy) is 1. The zero-order chi connectivity index (χ0) is 23.3. The Morgan fingerprint density at radius 2 is 1.67 bits per heavy atom. The van der Waals surface area contributed by atoms with Gasteiger partial charge in [0, 0.05) is 12.1 Å². The molecular weight excluding hydrogens is 404 g/mol.